The summed E-state index contributed by atoms with van der Waals surface area (Å²) in [6.45, 7) is 4.19. The molecule has 1 aromatic rings. The quantitative estimate of drug-likeness (QED) is 0.620. The summed E-state index contributed by atoms with van der Waals surface area (Å²) >= 11 is 17.0. The molecule has 0 atom stereocenters. The molecule has 1 rings (SSSR count). The van der Waals surface area contributed by atoms with Crippen LogP contribution in [0.5, 0.6) is 0 Å². The maximum atomic E-state index is 6.01. The minimum Gasteiger partial charge on any atom is -0.382 e. The van der Waals surface area contributed by atoms with Gasteiger partial charge in [0.05, 0.1) is 10.7 Å². The Morgan fingerprint density at radius 2 is 2.17 bits per heavy atom. The summed E-state index contributed by atoms with van der Waals surface area (Å²) in [4.78, 5) is 0. The standard InChI is InChI=1S/C12H16Cl2N2OS/c1-2-17-7-3-6-15-12(18)16-11-8-9(13)4-5-10(11)14/h4-5,8H,2-3,6-7H2,1H3,(H2,15,16,18). The Balaban J connectivity index is 2.33. The van der Waals surface area contributed by atoms with Gasteiger partial charge >= 0.3 is 0 Å². The second kappa shape index (κ2) is 8.53. The number of rotatable bonds is 6. The summed E-state index contributed by atoms with van der Waals surface area (Å²) in [5.41, 5.74) is 0.700. The molecule has 0 unspecified atom stereocenters. The Morgan fingerprint density at radius 1 is 1.39 bits per heavy atom. The van der Waals surface area contributed by atoms with Crippen molar-refractivity contribution in [1.82, 2.24) is 5.32 Å². The van der Waals surface area contributed by atoms with Crippen LogP contribution in [0.1, 0.15) is 13.3 Å². The van der Waals surface area contributed by atoms with Crippen LogP contribution >= 0.6 is 35.4 Å². The molecule has 2 N–H and O–H groups in total. The van der Waals surface area contributed by atoms with E-state index in [1.54, 1.807) is 18.2 Å². The topological polar surface area (TPSA) is 33.3 Å². The van der Waals surface area contributed by atoms with Gasteiger partial charge in [-0.2, -0.15) is 0 Å². The van der Waals surface area contributed by atoms with E-state index in [2.05, 4.69) is 10.6 Å². The fraction of sp³-hybridized carbons (Fsp3) is 0.417. The van der Waals surface area contributed by atoms with Crippen molar-refractivity contribution in [2.24, 2.45) is 0 Å². The minimum absolute atomic E-state index is 0.524. The van der Waals surface area contributed by atoms with E-state index in [0.29, 0.717) is 20.8 Å². The Bertz CT molecular complexity index is 402. The number of thiocarbonyl (C=S) groups is 1. The van der Waals surface area contributed by atoms with Crippen molar-refractivity contribution in [3.63, 3.8) is 0 Å². The number of halogens is 2. The van der Waals surface area contributed by atoms with Crippen molar-refractivity contribution in [3.05, 3.63) is 28.2 Å². The third kappa shape index (κ3) is 5.87. The third-order valence-electron chi connectivity index (χ3n) is 2.13. The second-order valence-corrected chi connectivity index (χ2v) is 4.81. The first-order valence-corrected chi connectivity index (χ1v) is 6.87. The average molecular weight is 307 g/mol. The Kier molecular flexibility index (Phi) is 7.35. The van der Waals surface area contributed by atoms with Gasteiger partial charge in [0.25, 0.3) is 0 Å². The van der Waals surface area contributed by atoms with Crippen LogP contribution in [0.25, 0.3) is 0 Å². The normalized spacial score (nSPS) is 10.2. The van der Waals surface area contributed by atoms with Gasteiger partial charge in [-0.05, 0) is 43.8 Å². The average Bonchev–Trinajstić information content (AvgIpc) is 2.33. The third-order valence-corrected chi connectivity index (χ3v) is 2.94. The summed E-state index contributed by atoms with van der Waals surface area (Å²) in [6, 6.07) is 5.19. The highest BCUT2D eigenvalue weighted by Crippen LogP contribution is 2.25. The first kappa shape index (κ1) is 15.5. The number of ether oxygens (including phenoxy) is 1. The Hall–Kier alpha value is -0.550. The molecule has 0 spiro atoms. The fourth-order valence-electron chi connectivity index (χ4n) is 1.28. The molecule has 1 aromatic carbocycles. The molecular weight excluding hydrogens is 291 g/mol. The molecule has 0 bridgehead atoms. The molecule has 0 aliphatic rings. The van der Waals surface area contributed by atoms with Gasteiger partial charge in [0.2, 0.25) is 0 Å². The molecule has 0 saturated carbocycles. The van der Waals surface area contributed by atoms with Crippen molar-refractivity contribution in [1.29, 1.82) is 0 Å². The number of hydrogen-bond acceptors (Lipinski definition) is 2. The van der Waals surface area contributed by atoms with Crippen molar-refractivity contribution in [2.45, 2.75) is 13.3 Å². The first-order chi connectivity index (χ1) is 8.63. The molecule has 0 radical (unpaired) electrons. The van der Waals surface area contributed by atoms with E-state index >= 15 is 0 Å². The van der Waals surface area contributed by atoms with E-state index in [4.69, 9.17) is 40.2 Å². The van der Waals surface area contributed by atoms with Gasteiger partial charge in [-0.3, -0.25) is 0 Å². The van der Waals surface area contributed by atoms with Crippen molar-refractivity contribution >= 4 is 46.2 Å². The molecule has 0 aromatic heterocycles. The fourth-order valence-corrected chi connectivity index (χ4v) is 1.83. The number of anilines is 1. The molecule has 0 amide bonds. The molecule has 3 nitrogen and oxygen atoms in total. The first-order valence-electron chi connectivity index (χ1n) is 5.71. The van der Waals surface area contributed by atoms with E-state index in [9.17, 15) is 0 Å². The van der Waals surface area contributed by atoms with E-state index in [-0.39, 0.29) is 0 Å². The lowest BCUT2D eigenvalue weighted by molar-refractivity contribution is 0.146. The predicted molar refractivity (Wildman–Crippen MR) is 81.8 cm³/mol. The minimum atomic E-state index is 0.524. The number of nitrogens with one attached hydrogen (secondary N) is 2. The molecule has 18 heavy (non-hydrogen) atoms. The number of hydrogen-bond donors (Lipinski definition) is 2. The molecule has 0 saturated heterocycles. The molecule has 0 heterocycles. The van der Waals surface area contributed by atoms with E-state index < -0.39 is 0 Å². The lowest BCUT2D eigenvalue weighted by atomic mass is 10.3. The van der Waals surface area contributed by atoms with Crippen molar-refractivity contribution in [2.75, 3.05) is 25.1 Å². The lowest BCUT2D eigenvalue weighted by Crippen LogP contribution is -2.29. The zero-order valence-electron chi connectivity index (χ0n) is 10.1. The SMILES string of the molecule is CCOCCCNC(=S)Nc1cc(Cl)ccc1Cl. The van der Waals surface area contributed by atoms with E-state index in [1.165, 1.54) is 0 Å². The largest absolute Gasteiger partial charge is 0.382 e. The molecule has 100 valence electrons. The van der Waals surface area contributed by atoms with Gasteiger partial charge in [0, 0.05) is 24.8 Å². The molecule has 0 aliphatic carbocycles. The summed E-state index contributed by atoms with van der Waals surface area (Å²) in [5.74, 6) is 0. The number of benzene rings is 1. The Labute approximate surface area is 123 Å². The van der Waals surface area contributed by atoms with Gasteiger partial charge in [-0.25, -0.2) is 0 Å². The Morgan fingerprint density at radius 3 is 2.89 bits per heavy atom. The second-order valence-electron chi connectivity index (χ2n) is 3.56. The van der Waals surface area contributed by atoms with E-state index in [0.717, 1.165) is 26.2 Å². The van der Waals surface area contributed by atoms with Gasteiger partial charge in [0.1, 0.15) is 0 Å². The summed E-state index contributed by atoms with van der Waals surface area (Å²) in [7, 11) is 0. The summed E-state index contributed by atoms with van der Waals surface area (Å²) in [6.07, 6.45) is 0.902. The van der Waals surface area contributed by atoms with Crippen LogP contribution in [0.4, 0.5) is 5.69 Å². The smallest absolute Gasteiger partial charge is 0.170 e. The van der Waals surface area contributed by atoms with E-state index in [1.807, 2.05) is 6.92 Å². The van der Waals surface area contributed by atoms with Gasteiger partial charge in [-0.15, -0.1) is 0 Å². The van der Waals surface area contributed by atoms with Crippen LogP contribution in [-0.4, -0.2) is 24.9 Å². The monoisotopic (exact) mass is 306 g/mol. The predicted octanol–water partition coefficient (Wildman–Crippen LogP) is 3.71. The van der Waals surface area contributed by atoms with Crippen molar-refractivity contribution in [3.8, 4) is 0 Å². The van der Waals surface area contributed by atoms with Gasteiger partial charge in [0.15, 0.2) is 5.11 Å². The highest BCUT2D eigenvalue weighted by molar-refractivity contribution is 7.80. The van der Waals surface area contributed by atoms with Crippen LogP contribution in [-0.2, 0) is 4.74 Å². The summed E-state index contributed by atoms with van der Waals surface area (Å²) in [5, 5.41) is 7.80. The molecule has 0 aliphatic heterocycles. The lowest BCUT2D eigenvalue weighted by Gasteiger charge is -2.11. The molecule has 0 fully saturated rings. The van der Waals surface area contributed by atoms with Crippen LogP contribution in [0.3, 0.4) is 0 Å². The van der Waals surface area contributed by atoms with Crippen LogP contribution in [0.2, 0.25) is 10.0 Å². The molecular formula is C12H16Cl2N2OS. The zero-order chi connectivity index (χ0) is 13.4. The van der Waals surface area contributed by atoms with Crippen molar-refractivity contribution < 1.29 is 4.74 Å². The maximum absolute atomic E-state index is 6.01. The summed E-state index contributed by atoms with van der Waals surface area (Å²) < 4.78 is 5.23. The van der Waals surface area contributed by atoms with Crippen LogP contribution in [0, 0.1) is 0 Å². The van der Waals surface area contributed by atoms with Gasteiger partial charge < -0.3 is 15.4 Å². The van der Waals surface area contributed by atoms with Crippen LogP contribution < -0.4 is 10.6 Å². The highest BCUT2D eigenvalue weighted by Gasteiger charge is 2.03. The molecule has 6 heteroatoms. The van der Waals surface area contributed by atoms with Crippen LogP contribution in [0.15, 0.2) is 18.2 Å². The maximum Gasteiger partial charge on any atom is 0.170 e. The van der Waals surface area contributed by atoms with Gasteiger partial charge in [-0.1, -0.05) is 23.2 Å². The zero-order valence-corrected chi connectivity index (χ0v) is 12.5. The highest BCUT2D eigenvalue weighted by atomic mass is 35.5.